The van der Waals surface area contributed by atoms with Crippen molar-refractivity contribution in [2.24, 2.45) is 0 Å². The molecule has 24 heavy (non-hydrogen) atoms. The molecule has 0 bridgehead atoms. The van der Waals surface area contributed by atoms with Crippen molar-refractivity contribution in [3.63, 3.8) is 0 Å². The molecule has 0 saturated heterocycles. The minimum Gasteiger partial charge on any atom is -0.418 e. The van der Waals surface area contributed by atoms with Gasteiger partial charge in [-0.05, 0) is 24.3 Å². The minimum absolute atomic E-state index is 0.109. The lowest BCUT2D eigenvalue weighted by Crippen LogP contribution is -2.17. The molecule has 0 radical (unpaired) electrons. The Morgan fingerprint density at radius 3 is 1.33 bits per heavy atom. The van der Waals surface area contributed by atoms with Crippen LogP contribution in [0.3, 0.4) is 0 Å². The lowest BCUT2D eigenvalue weighted by atomic mass is 10.3. The molecule has 0 nitrogen and oxygen atoms in total. The third-order valence-corrected chi connectivity index (χ3v) is 4.94. The Bertz CT molecular complexity index is 539. The molecule has 0 aliphatic carbocycles. The van der Waals surface area contributed by atoms with Gasteiger partial charge >= 0.3 is 13.4 Å². The van der Waals surface area contributed by atoms with E-state index in [0.29, 0.717) is 0 Å². The molecule has 0 N–H and O–H groups in total. The van der Waals surface area contributed by atoms with Crippen molar-refractivity contribution in [2.45, 2.75) is 22.4 Å². The fourth-order valence-electron chi connectivity index (χ4n) is 1.76. The molecule has 0 fully saturated rings. The Kier molecular flexibility index (Phi) is 7.66. The number of benzene rings is 2. The summed E-state index contributed by atoms with van der Waals surface area (Å²) in [6.45, 7) is 0. The summed E-state index contributed by atoms with van der Waals surface area (Å²) in [5.41, 5.74) is 0. The Morgan fingerprint density at radius 1 is 0.708 bits per heavy atom. The second-order valence-electron chi connectivity index (χ2n) is 4.58. The van der Waals surface area contributed by atoms with Crippen LogP contribution in [0.4, 0.5) is 30.4 Å². The zero-order chi connectivity index (χ0) is 18.2. The molecule has 2 aromatic carbocycles. The van der Waals surface area contributed by atoms with Gasteiger partial charge in [-0.1, -0.05) is 36.4 Å². The summed E-state index contributed by atoms with van der Waals surface area (Å²) in [6, 6.07) is 18.8. The number of hydrogen-bond acceptors (Lipinski definition) is 0. The lowest BCUT2D eigenvalue weighted by molar-refractivity contribution is -0.129. The van der Waals surface area contributed by atoms with Gasteiger partial charge in [0.1, 0.15) is 5.75 Å². The predicted octanol–water partition coefficient (Wildman–Crippen LogP) is 5.98. The van der Waals surface area contributed by atoms with Gasteiger partial charge < -0.3 is 17.3 Å². The van der Waals surface area contributed by atoms with Crippen LogP contribution in [0, 0.1) is 0 Å². The number of alkyl halides is 3. The molecule has 2 rings (SSSR count). The van der Waals surface area contributed by atoms with Crippen LogP contribution in [0.5, 0.6) is 0 Å². The van der Waals surface area contributed by atoms with Crippen molar-refractivity contribution >= 4 is 18.1 Å². The Hall–Kier alpha value is -1.64. The molecule has 0 heterocycles. The van der Waals surface area contributed by atoms with Gasteiger partial charge in [0.25, 0.3) is 0 Å². The van der Waals surface area contributed by atoms with E-state index in [9.17, 15) is 30.4 Å². The first-order chi connectivity index (χ1) is 11.1. The van der Waals surface area contributed by atoms with Crippen LogP contribution in [-0.2, 0) is 10.9 Å². The number of halogens is 7. The molecule has 2 aromatic rings. The molecule has 0 aromatic heterocycles. The van der Waals surface area contributed by atoms with Gasteiger partial charge in [0.05, 0.1) is 17.3 Å². The van der Waals surface area contributed by atoms with Crippen LogP contribution in [0.2, 0.25) is 0 Å². The van der Waals surface area contributed by atoms with Crippen molar-refractivity contribution in [3.05, 3.63) is 60.7 Å². The molecular weight excluding hydrogens is 356 g/mol. The molecule has 9 heteroatoms. The maximum atomic E-state index is 12.5. The third kappa shape index (κ3) is 9.49. The highest BCUT2D eigenvalue weighted by Gasteiger charge is 2.34. The Balaban J connectivity index is 0.000000505. The Labute approximate surface area is 138 Å². The van der Waals surface area contributed by atoms with E-state index in [-0.39, 0.29) is 5.75 Å². The molecule has 132 valence electrons. The highest BCUT2D eigenvalue weighted by molar-refractivity contribution is 7.97. The van der Waals surface area contributed by atoms with Crippen molar-refractivity contribution in [2.75, 3.05) is 5.75 Å². The second-order valence-corrected chi connectivity index (χ2v) is 6.71. The van der Waals surface area contributed by atoms with Crippen LogP contribution in [-0.4, -0.2) is 19.2 Å². The van der Waals surface area contributed by atoms with Crippen molar-refractivity contribution in [3.8, 4) is 0 Å². The summed E-state index contributed by atoms with van der Waals surface area (Å²) < 4.78 is 76.4. The molecule has 0 spiro atoms. The Morgan fingerprint density at radius 2 is 1.04 bits per heavy atom. The first kappa shape index (κ1) is 20.4. The van der Waals surface area contributed by atoms with Gasteiger partial charge in [0.15, 0.2) is 9.79 Å². The molecule has 0 atom stereocenters. The van der Waals surface area contributed by atoms with Crippen LogP contribution in [0.25, 0.3) is 0 Å². The average Bonchev–Trinajstić information content (AvgIpc) is 2.47. The monoisotopic (exact) mass is 370 g/mol. The van der Waals surface area contributed by atoms with Gasteiger partial charge in [-0.15, -0.1) is 0 Å². The van der Waals surface area contributed by atoms with Gasteiger partial charge in [-0.25, -0.2) is 0 Å². The molecule has 0 aliphatic heterocycles. The molecule has 0 aliphatic rings. The van der Waals surface area contributed by atoms with Crippen LogP contribution in [0.1, 0.15) is 6.42 Å². The molecule has 0 saturated carbocycles. The molecule has 0 amide bonds. The van der Waals surface area contributed by atoms with Gasteiger partial charge in [-0.3, -0.25) is 0 Å². The second kappa shape index (κ2) is 9.01. The third-order valence-electron chi connectivity index (χ3n) is 2.65. The van der Waals surface area contributed by atoms with Crippen LogP contribution >= 0.6 is 0 Å². The first-order valence-electron chi connectivity index (χ1n) is 6.81. The zero-order valence-electron chi connectivity index (χ0n) is 12.3. The fourth-order valence-corrected chi connectivity index (χ4v) is 3.91. The lowest BCUT2D eigenvalue weighted by Gasteiger charge is -2.09. The number of hydrogen-bond donors (Lipinski definition) is 0. The topological polar surface area (TPSA) is 0 Å². The maximum Gasteiger partial charge on any atom is 0.673 e. The van der Waals surface area contributed by atoms with E-state index in [0.717, 1.165) is 9.79 Å². The zero-order valence-corrected chi connectivity index (χ0v) is 13.1. The normalized spacial score (nSPS) is 11.8. The van der Waals surface area contributed by atoms with Crippen LogP contribution < -0.4 is 0 Å². The molecule has 0 unspecified atom stereocenters. The van der Waals surface area contributed by atoms with E-state index >= 15 is 0 Å². The van der Waals surface area contributed by atoms with Crippen LogP contribution in [0.15, 0.2) is 70.5 Å². The molecular formula is C15H14BF7S. The van der Waals surface area contributed by atoms with Crippen molar-refractivity contribution in [1.29, 1.82) is 0 Å². The van der Waals surface area contributed by atoms with Crippen molar-refractivity contribution in [1.82, 2.24) is 0 Å². The number of rotatable bonds is 4. The summed E-state index contributed by atoms with van der Waals surface area (Å²) >= 11 is 0. The smallest absolute Gasteiger partial charge is 0.418 e. The fraction of sp³-hybridized carbons (Fsp3) is 0.200. The van der Waals surface area contributed by atoms with E-state index in [2.05, 4.69) is 0 Å². The maximum absolute atomic E-state index is 12.5. The van der Waals surface area contributed by atoms with Gasteiger partial charge in [0, 0.05) is 0 Å². The summed E-state index contributed by atoms with van der Waals surface area (Å²) in [7, 11) is -6.52. The predicted molar refractivity (Wildman–Crippen MR) is 82.5 cm³/mol. The standard InChI is InChI=1S/C15H14F3S.BF4/c16-15(17,18)11-12-19(13-7-3-1-4-8-13)14-9-5-2-6-10-14;2-1(3,4)5/h1-10H,11-12H2;/q+1;-1. The largest absolute Gasteiger partial charge is 0.673 e. The van der Waals surface area contributed by atoms with E-state index < -0.39 is 30.7 Å². The summed E-state index contributed by atoms with van der Waals surface area (Å²) in [4.78, 5) is 1.91. The van der Waals surface area contributed by atoms with E-state index in [1.165, 1.54) is 0 Å². The minimum atomic E-state index is -6.00. The summed E-state index contributed by atoms with van der Waals surface area (Å²) in [6.07, 6.45) is -4.85. The van der Waals surface area contributed by atoms with E-state index in [1.54, 1.807) is 0 Å². The van der Waals surface area contributed by atoms with E-state index in [1.807, 2.05) is 60.7 Å². The van der Waals surface area contributed by atoms with E-state index in [4.69, 9.17) is 0 Å². The van der Waals surface area contributed by atoms with Gasteiger partial charge in [-0.2, -0.15) is 13.2 Å². The quantitative estimate of drug-likeness (QED) is 0.353. The summed E-state index contributed by atoms with van der Waals surface area (Å²) in [5, 5.41) is 0. The SMILES string of the molecule is FC(F)(F)CC[S+](c1ccccc1)c1ccccc1.F[B-](F)(F)F. The first-order valence-corrected chi connectivity index (χ1v) is 8.21. The van der Waals surface area contributed by atoms with Gasteiger partial charge in [0.2, 0.25) is 0 Å². The highest BCUT2D eigenvalue weighted by Crippen LogP contribution is 2.28. The average molecular weight is 370 g/mol. The summed E-state index contributed by atoms with van der Waals surface area (Å²) in [5.74, 6) is 0.109. The van der Waals surface area contributed by atoms with Crippen molar-refractivity contribution < 1.29 is 30.4 Å². The highest BCUT2D eigenvalue weighted by atomic mass is 32.2.